The van der Waals surface area contributed by atoms with Gasteiger partial charge < -0.3 is 28.7 Å². The zero-order chi connectivity index (χ0) is 37.1. The van der Waals surface area contributed by atoms with Crippen LogP contribution < -0.4 is 14.2 Å². The van der Waals surface area contributed by atoms with Crippen LogP contribution in [-0.2, 0) is 19.2 Å². The van der Waals surface area contributed by atoms with Crippen LogP contribution in [0.4, 0.5) is 0 Å². The fourth-order valence-electron chi connectivity index (χ4n) is 7.24. The van der Waals surface area contributed by atoms with Crippen molar-refractivity contribution in [3.63, 3.8) is 0 Å². The third-order valence-corrected chi connectivity index (χ3v) is 10.1. The van der Waals surface area contributed by atoms with Crippen LogP contribution in [0.5, 0.6) is 17.2 Å². The number of ether oxygens (including phenoxy) is 4. The molecule has 288 valence electrons. The summed E-state index contributed by atoms with van der Waals surface area (Å²) in [4.78, 5) is 47.0. The monoisotopic (exact) mass is 725 g/mol. The summed E-state index contributed by atoms with van der Waals surface area (Å²) in [5.74, 6) is 1.13. The van der Waals surface area contributed by atoms with Gasteiger partial charge in [0.15, 0.2) is 11.5 Å². The first-order valence-electron chi connectivity index (χ1n) is 19.4. The number of hydrogen-bond acceptors (Lipinski definition) is 10. The molecule has 2 aromatic carbocycles. The number of hydrogen-bond donors (Lipinski definition) is 0. The minimum Gasteiger partial charge on any atom is -0.497 e. The molecular formula is C40H59N3O9. The molecule has 0 saturated carbocycles. The Balaban J connectivity index is 1.45. The Morgan fingerprint density at radius 2 is 1.42 bits per heavy atom. The Morgan fingerprint density at radius 3 is 2.04 bits per heavy atom. The van der Waals surface area contributed by atoms with Gasteiger partial charge in [-0.25, -0.2) is 0 Å². The third-order valence-electron chi connectivity index (χ3n) is 10.1. The maximum absolute atomic E-state index is 14.3. The number of unbranched alkanes of at least 4 members (excludes halogenated alkanes) is 10. The first-order valence-corrected chi connectivity index (χ1v) is 19.4. The zero-order valence-electron chi connectivity index (χ0n) is 31.4. The van der Waals surface area contributed by atoms with Gasteiger partial charge in [0, 0.05) is 31.6 Å². The summed E-state index contributed by atoms with van der Waals surface area (Å²) >= 11 is 0. The fourth-order valence-corrected chi connectivity index (χ4v) is 7.24. The maximum atomic E-state index is 14.3. The molecule has 12 heteroatoms. The van der Waals surface area contributed by atoms with E-state index in [1.54, 1.807) is 7.11 Å². The Morgan fingerprint density at radius 1 is 0.827 bits per heavy atom. The van der Waals surface area contributed by atoms with Gasteiger partial charge in [0.25, 0.3) is 5.09 Å². The summed E-state index contributed by atoms with van der Waals surface area (Å²) in [6.07, 6.45) is 12.7. The minimum absolute atomic E-state index is 0.0859. The molecule has 0 aliphatic carbocycles. The molecule has 1 saturated heterocycles. The van der Waals surface area contributed by atoms with Crippen LogP contribution in [0.25, 0.3) is 0 Å². The van der Waals surface area contributed by atoms with Gasteiger partial charge in [0.2, 0.25) is 12.7 Å². The van der Waals surface area contributed by atoms with Crippen molar-refractivity contribution in [2.75, 3.05) is 53.3 Å². The summed E-state index contributed by atoms with van der Waals surface area (Å²) in [7, 11) is 1.63. The summed E-state index contributed by atoms with van der Waals surface area (Å²) in [5, 5.41) is 9.50. The van der Waals surface area contributed by atoms with E-state index in [2.05, 4.69) is 23.6 Å². The molecule has 2 aliphatic rings. The largest absolute Gasteiger partial charge is 0.497 e. The molecule has 0 N–H and O–H groups in total. The minimum atomic E-state index is -0.739. The lowest BCUT2D eigenvalue weighted by Crippen LogP contribution is -2.42. The molecule has 1 amide bonds. The quantitative estimate of drug-likeness (QED) is 0.0432. The molecular weight excluding hydrogens is 666 g/mol. The van der Waals surface area contributed by atoms with E-state index in [1.165, 1.54) is 0 Å². The third kappa shape index (κ3) is 12.3. The molecule has 0 spiro atoms. The van der Waals surface area contributed by atoms with E-state index in [9.17, 15) is 19.7 Å². The summed E-state index contributed by atoms with van der Waals surface area (Å²) in [6, 6.07) is 13.3. The van der Waals surface area contributed by atoms with Crippen molar-refractivity contribution in [3.8, 4) is 17.2 Å². The number of benzene rings is 2. The van der Waals surface area contributed by atoms with Crippen LogP contribution in [0.15, 0.2) is 42.5 Å². The Kier molecular flexibility index (Phi) is 17.3. The van der Waals surface area contributed by atoms with Gasteiger partial charge in [-0.15, -0.1) is 10.1 Å². The fraction of sp³-hybridized carbons (Fsp3) is 0.650. The first kappa shape index (κ1) is 40.7. The van der Waals surface area contributed by atoms with Crippen molar-refractivity contribution in [3.05, 3.63) is 63.7 Å². The van der Waals surface area contributed by atoms with Crippen LogP contribution in [0.1, 0.15) is 120 Å². The SMILES string of the molecule is CCCCN(CCCC)C(=O)CN1C[C@H](c2ccc3c(c2)OCO3)[C@@H](C(=O)OCCCCCCCCCCCO[N+](=O)[O-])[C@@H]1c1ccc(OC)cc1. The molecule has 2 aromatic rings. The molecule has 1 fully saturated rings. The van der Waals surface area contributed by atoms with Crippen molar-refractivity contribution in [2.24, 2.45) is 5.92 Å². The normalized spacial score (nSPS) is 17.9. The number of esters is 1. The number of nitrogens with zero attached hydrogens (tertiary/aromatic N) is 3. The van der Waals surface area contributed by atoms with Gasteiger partial charge in [-0.3, -0.25) is 14.5 Å². The molecule has 12 nitrogen and oxygen atoms in total. The highest BCUT2D eigenvalue weighted by atomic mass is 16.9. The van der Waals surface area contributed by atoms with E-state index >= 15 is 0 Å². The molecule has 0 unspecified atom stereocenters. The highest BCUT2D eigenvalue weighted by molar-refractivity contribution is 5.80. The van der Waals surface area contributed by atoms with Crippen LogP contribution in [0.3, 0.4) is 0 Å². The highest BCUT2D eigenvalue weighted by Crippen LogP contribution is 2.48. The highest BCUT2D eigenvalue weighted by Gasteiger charge is 2.49. The number of amides is 1. The van der Waals surface area contributed by atoms with Gasteiger partial charge in [-0.1, -0.05) is 89.8 Å². The predicted octanol–water partition coefficient (Wildman–Crippen LogP) is 7.87. The Labute approximate surface area is 309 Å². The van der Waals surface area contributed by atoms with Gasteiger partial charge in [0.1, 0.15) is 5.75 Å². The lowest BCUT2D eigenvalue weighted by Gasteiger charge is -2.30. The van der Waals surface area contributed by atoms with E-state index in [1.807, 2.05) is 47.4 Å². The standard InChI is InChI=1S/C40H59N3O9/c1-4-6-23-41(24-7-5-2)37(44)29-42-28-34(32-19-22-35-36(27-32)51-30-50-35)38(39(42)31-17-20-33(48-3)21-18-31)40(45)49-25-15-13-11-9-8-10-12-14-16-26-52-43(46)47/h17-22,27,34,38-39H,4-16,23-26,28-30H2,1-3H3/t34-,38-,39+/m1/s1. The average molecular weight is 726 g/mol. The predicted molar refractivity (Wildman–Crippen MR) is 198 cm³/mol. The first-order chi connectivity index (χ1) is 25.4. The van der Waals surface area contributed by atoms with Gasteiger partial charge in [-0.2, -0.15) is 0 Å². The molecule has 4 rings (SSSR count). The second-order valence-corrected chi connectivity index (χ2v) is 13.9. The second kappa shape index (κ2) is 22.1. The smallest absolute Gasteiger partial charge is 0.311 e. The van der Waals surface area contributed by atoms with E-state index < -0.39 is 11.0 Å². The van der Waals surface area contributed by atoms with E-state index in [4.69, 9.17) is 18.9 Å². The van der Waals surface area contributed by atoms with E-state index in [0.717, 1.165) is 107 Å². The lowest BCUT2D eigenvalue weighted by atomic mass is 9.82. The lowest BCUT2D eigenvalue weighted by molar-refractivity contribution is -0.757. The van der Waals surface area contributed by atoms with Gasteiger partial charge in [0.05, 0.1) is 32.8 Å². The van der Waals surface area contributed by atoms with Crippen molar-refractivity contribution >= 4 is 11.9 Å². The number of carbonyl (C=O) groups is 2. The molecule has 2 heterocycles. The Bertz CT molecular complexity index is 1380. The van der Waals surface area contributed by atoms with E-state index in [0.29, 0.717) is 31.1 Å². The van der Waals surface area contributed by atoms with Crippen molar-refractivity contribution in [2.45, 2.75) is 109 Å². The number of fused-ring (bicyclic) bond motifs is 1. The summed E-state index contributed by atoms with van der Waals surface area (Å²) < 4.78 is 22.8. The summed E-state index contributed by atoms with van der Waals surface area (Å²) in [5.41, 5.74) is 1.90. The number of carbonyl (C=O) groups excluding carboxylic acids is 2. The number of likely N-dealkylation sites (tertiary alicyclic amines) is 1. The topological polar surface area (TPSA) is 130 Å². The molecule has 3 atom stereocenters. The van der Waals surface area contributed by atoms with Gasteiger partial charge >= 0.3 is 5.97 Å². The Hall–Kier alpha value is -4.06. The van der Waals surface area contributed by atoms with Gasteiger partial charge in [-0.05, 0) is 61.1 Å². The maximum Gasteiger partial charge on any atom is 0.311 e. The van der Waals surface area contributed by atoms with Crippen LogP contribution in [0, 0.1) is 16.0 Å². The molecule has 0 aromatic heterocycles. The van der Waals surface area contributed by atoms with Crippen LogP contribution >= 0.6 is 0 Å². The number of rotatable bonds is 25. The zero-order valence-corrected chi connectivity index (χ0v) is 31.4. The van der Waals surface area contributed by atoms with E-state index in [-0.39, 0.29) is 43.8 Å². The summed E-state index contributed by atoms with van der Waals surface area (Å²) in [6.45, 7) is 7.14. The average Bonchev–Trinajstić information content (AvgIpc) is 3.78. The number of methoxy groups -OCH3 is 1. The van der Waals surface area contributed by atoms with Crippen molar-refractivity contribution < 1.29 is 38.5 Å². The van der Waals surface area contributed by atoms with Crippen LogP contribution in [0.2, 0.25) is 0 Å². The molecule has 2 aliphatic heterocycles. The van der Waals surface area contributed by atoms with Crippen molar-refractivity contribution in [1.29, 1.82) is 0 Å². The molecule has 0 bridgehead atoms. The van der Waals surface area contributed by atoms with Crippen LogP contribution in [-0.4, -0.2) is 80.1 Å². The molecule has 0 radical (unpaired) electrons. The second-order valence-electron chi connectivity index (χ2n) is 13.9. The van der Waals surface area contributed by atoms with Crippen molar-refractivity contribution in [1.82, 2.24) is 9.80 Å². The molecule has 52 heavy (non-hydrogen) atoms.